The molecule has 0 aliphatic carbocycles. The number of rotatable bonds is 8. The summed E-state index contributed by atoms with van der Waals surface area (Å²) in [5, 5.41) is 6.68. The second-order valence-corrected chi connectivity index (χ2v) is 7.27. The Morgan fingerprint density at radius 2 is 1.97 bits per heavy atom. The maximum Gasteiger partial charge on any atom is 0.231 e. The summed E-state index contributed by atoms with van der Waals surface area (Å²) in [5.74, 6) is 2.30. The van der Waals surface area contributed by atoms with E-state index < -0.39 is 0 Å². The van der Waals surface area contributed by atoms with Gasteiger partial charge in [-0.25, -0.2) is 0 Å². The van der Waals surface area contributed by atoms with E-state index in [4.69, 9.17) is 15.2 Å². The van der Waals surface area contributed by atoms with E-state index in [1.54, 1.807) is 7.05 Å². The molecule has 2 aliphatic rings. The van der Waals surface area contributed by atoms with Crippen molar-refractivity contribution >= 4 is 35.8 Å². The highest BCUT2D eigenvalue weighted by Gasteiger charge is 2.22. The molecule has 4 N–H and O–H groups in total. The number of piperidine rings is 1. The zero-order chi connectivity index (χ0) is 19.8. The predicted octanol–water partition coefficient (Wildman–Crippen LogP) is 1.68. The average Bonchev–Trinajstić information content (AvgIpc) is 3.18. The molecule has 0 bridgehead atoms. The highest BCUT2D eigenvalue weighted by Crippen LogP contribution is 2.32. The van der Waals surface area contributed by atoms with E-state index in [1.807, 2.05) is 18.2 Å². The summed E-state index contributed by atoms with van der Waals surface area (Å²) in [5.41, 5.74) is 6.50. The molecule has 162 valence electrons. The molecule has 0 unspecified atom stereocenters. The molecule has 0 aromatic heterocycles. The molecule has 3 rings (SSSR count). The van der Waals surface area contributed by atoms with Gasteiger partial charge in [-0.05, 0) is 63.0 Å². The van der Waals surface area contributed by atoms with Crippen LogP contribution in [-0.2, 0) is 11.3 Å². The van der Waals surface area contributed by atoms with Gasteiger partial charge in [0.2, 0.25) is 12.7 Å². The van der Waals surface area contributed by atoms with Crippen molar-refractivity contribution in [3.8, 4) is 11.5 Å². The third kappa shape index (κ3) is 7.22. The van der Waals surface area contributed by atoms with Crippen LogP contribution in [0.3, 0.4) is 0 Å². The molecule has 0 atom stereocenters. The van der Waals surface area contributed by atoms with Gasteiger partial charge in [0.25, 0.3) is 0 Å². The molecule has 1 fully saturated rings. The first-order valence-electron chi connectivity index (χ1n) is 10.0. The molecule has 0 radical (unpaired) electrons. The number of amides is 1. The first-order chi connectivity index (χ1) is 13.7. The minimum absolute atomic E-state index is 0. The highest BCUT2D eigenvalue weighted by molar-refractivity contribution is 14.0. The molecule has 1 aromatic carbocycles. The maximum absolute atomic E-state index is 11.2. The van der Waals surface area contributed by atoms with Crippen LogP contribution in [0.25, 0.3) is 0 Å². The molecule has 0 saturated carbocycles. The Labute approximate surface area is 189 Å². The van der Waals surface area contributed by atoms with Gasteiger partial charge in [0.1, 0.15) is 0 Å². The van der Waals surface area contributed by atoms with Crippen LogP contribution < -0.4 is 25.8 Å². The first kappa shape index (κ1) is 23.5. The lowest BCUT2D eigenvalue weighted by Crippen LogP contribution is -2.39. The van der Waals surface area contributed by atoms with Crippen molar-refractivity contribution in [3.05, 3.63) is 23.8 Å². The summed E-state index contributed by atoms with van der Waals surface area (Å²) < 4.78 is 10.7. The number of benzene rings is 1. The molecule has 2 heterocycles. The van der Waals surface area contributed by atoms with Crippen LogP contribution in [0.15, 0.2) is 23.2 Å². The lowest BCUT2D eigenvalue weighted by molar-refractivity contribution is -0.123. The van der Waals surface area contributed by atoms with Crippen molar-refractivity contribution < 1.29 is 14.3 Å². The molecule has 2 aliphatic heterocycles. The van der Waals surface area contributed by atoms with Gasteiger partial charge in [-0.3, -0.25) is 9.79 Å². The SMILES string of the molecule is CN=C(NCCCCN1CCC(C(N)=O)CC1)NCc1ccc2c(c1)OCO2.I. The number of hydrogen-bond acceptors (Lipinski definition) is 5. The Balaban J connectivity index is 0.00000300. The van der Waals surface area contributed by atoms with Crippen LogP contribution in [0, 0.1) is 5.92 Å². The summed E-state index contributed by atoms with van der Waals surface area (Å²) in [6.07, 6.45) is 3.97. The third-order valence-electron chi connectivity index (χ3n) is 5.30. The molecule has 9 heteroatoms. The van der Waals surface area contributed by atoms with E-state index in [-0.39, 0.29) is 35.8 Å². The van der Waals surface area contributed by atoms with Gasteiger partial charge < -0.3 is 30.7 Å². The van der Waals surface area contributed by atoms with Crippen molar-refractivity contribution in [2.75, 3.05) is 40.0 Å². The number of halogens is 1. The fraction of sp³-hybridized carbons (Fsp3) is 0.600. The molecule has 1 saturated heterocycles. The number of fused-ring (bicyclic) bond motifs is 1. The summed E-state index contributed by atoms with van der Waals surface area (Å²) in [4.78, 5) is 17.9. The quantitative estimate of drug-likeness (QED) is 0.210. The predicted molar refractivity (Wildman–Crippen MR) is 124 cm³/mol. The van der Waals surface area contributed by atoms with Gasteiger partial charge in [0.15, 0.2) is 17.5 Å². The fourth-order valence-corrected chi connectivity index (χ4v) is 3.57. The minimum atomic E-state index is -0.150. The summed E-state index contributed by atoms with van der Waals surface area (Å²) >= 11 is 0. The maximum atomic E-state index is 11.2. The van der Waals surface area contributed by atoms with Crippen LogP contribution in [0.2, 0.25) is 0 Å². The van der Waals surface area contributed by atoms with Gasteiger partial charge in [-0.15, -0.1) is 24.0 Å². The van der Waals surface area contributed by atoms with Gasteiger partial charge >= 0.3 is 0 Å². The van der Waals surface area contributed by atoms with Crippen molar-refractivity contribution in [2.24, 2.45) is 16.6 Å². The molecular weight excluding hydrogens is 485 g/mol. The number of ether oxygens (including phenoxy) is 2. The number of hydrogen-bond donors (Lipinski definition) is 3. The highest BCUT2D eigenvalue weighted by atomic mass is 127. The van der Waals surface area contributed by atoms with E-state index in [0.29, 0.717) is 13.3 Å². The summed E-state index contributed by atoms with van der Waals surface area (Å²) in [6, 6.07) is 5.95. The average molecular weight is 517 g/mol. The Morgan fingerprint density at radius 1 is 1.21 bits per heavy atom. The van der Waals surface area contributed by atoms with Gasteiger partial charge in [0.05, 0.1) is 0 Å². The molecule has 1 aromatic rings. The van der Waals surface area contributed by atoms with E-state index >= 15 is 0 Å². The number of guanidine groups is 1. The van der Waals surface area contributed by atoms with E-state index in [9.17, 15) is 4.79 Å². The van der Waals surface area contributed by atoms with Crippen LogP contribution >= 0.6 is 24.0 Å². The molecule has 1 amide bonds. The normalized spacial score (nSPS) is 16.9. The number of nitrogens with two attached hydrogens (primary N) is 1. The lowest BCUT2D eigenvalue weighted by Gasteiger charge is -2.30. The number of nitrogens with one attached hydrogen (secondary N) is 2. The lowest BCUT2D eigenvalue weighted by atomic mass is 9.96. The number of unbranched alkanes of at least 4 members (excludes halogenated alkanes) is 1. The Kier molecular flexibility index (Phi) is 9.79. The van der Waals surface area contributed by atoms with Crippen molar-refractivity contribution in [3.63, 3.8) is 0 Å². The smallest absolute Gasteiger partial charge is 0.231 e. The van der Waals surface area contributed by atoms with E-state index in [1.165, 1.54) is 0 Å². The largest absolute Gasteiger partial charge is 0.454 e. The summed E-state index contributed by atoms with van der Waals surface area (Å²) in [7, 11) is 1.78. The van der Waals surface area contributed by atoms with Crippen LogP contribution in [0.1, 0.15) is 31.2 Å². The van der Waals surface area contributed by atoms with Gasteiger partial charge in [-0.2, -0.15) is 0 Å². The molecule has 29 heavy (non-hydrogen) atoms. The van der Waals surface area contributed by atoms with Crippen LogP contribution in [0.4, 0.5) is 0 Å². The van der Waals surface area contributed by atoms with Gasteiger partial charge in [-0.1, -0.05) is 6.07 Å². The van der Waals surface area contributed by atoms with Crippen molar-refractivity contribution in [2.45, 2.75) is 32.2 Å². The number of aliphatic imine (C=N–C) groups is 1. The van der Waals surface area contributed by atoms with Gasteiger partial charge in [0, 0.05) is 26.1 Å². The molecular formula is C20H32IN5O3. The topological polar surface area (TPSA) is 101 Å². The minimum Gasteiger partial charge on any atom is -0.454 e. The zero-order valence-electron chi connectivity index (χ0n) is 17.0. The fourth-order valence-electron chi connectivity index (χ4n) is 3.57. The van der Waals surface area contributed by atoms with Crippen LogP contribution in [-0.4, -0.2) is 56.8 Å². The Morgan fingerprint density at radius 3 is 2.69 bits per heavy atom. The second-order valence-electron chi connectivity index (χ2n) is 7.27. The van der Waals surface area contributed by atoms with Crippen molar-refractivity contribution in [1.29, 1.82) is 0 Å². The number of primary amides is 1. The number of carbonyl (C=O) groups excluding carboxylic acids is 1. The second kappa shape index (κ2) is 12.1. The third-order valence-corrected chi connectivity index (χ3v) is 5.30. The number of likely N-dealkylation sites (tertiary alicyclic amines) is 1. The zero-order valence-corrected chi connectivity index (χ0v) is 19.3. The van der Waals surface area contributed by atoms with Crippen LogP contribution in [0.5, 0.6) is 11.5 Å². The first-order valence-corrected chi connectivity index (χ1v) is 10.0. The number of nitrogens with zero attached hydrogens (tertiary/aromatic N) is 2. The standard InChI is InChI=1S/C20H31N5O3.HI/c1-22-20(24-13-15-4-5-17-18(12-15)28-14-27-17)23-8-2-3-9-25-10-6-16(7-11-25)19(21)26;/h4-5,12,16H,2-3,6-11,13-14H2,1H3,(H2,21,26)(H2,22,23,24);1H. The van der Waals surface area contributed by atoms with E-state index in [2.05, 4.69) is 20.5 Å². The van der Waals surface area contributed by atoms with E-state index in [0.717, 1.165) is 74.9 Å². The van der Waals surface area contributed by atoms with Crippen molar-refractivity contribution in [1.82, 2.24) is 15.5 Å². The monoisotopic (exact) mass is 517 g/mol. The summed E-state index contributed by atoms with van der Waals surface area (Å²) in [6.45, 7) is 4.85. The molecule has 0 spiro atoms. The molecule has 8 nitrogen and oxygen atoms in total. The Bertz CT molecular complexity index is 693. The number of carbonyl (C=O) groups is 1. The Hall–Kier alpha value is -1.75.